The molecule has 0 aliphatic rings. The van der Waals surface area contributed by atoms with Crippen LogP contribution in [0.15, 0.2) is 73.2 Å². The summed E-state index contributed by atoms with van der Waals surface area (Å²) in [5, 5.41) is 0. The Balaban J connectivity index is -0.000000416. The van der Waals surface area contributed by atoms with E-state index in [0.717, 1.165) is 0 Å². The van der Waals surface area contributed by atoms with Gasteiger partial charge in [0.15, 0.2) is 12.4 Å². The molecular formula is C22H38Cl4N4Zn. The molecule has 0 saturated heterocycles. The van der Waals surface area contributed by atoms with E-state index >= 15 is 0 Å². The van der Waals surface area contributed by atoms with Gasteiger partial charge in [0, 0.05) is 40.3 Å². The van der Waals surface area contributed by atoms with Gasteiger partial charge in [0.25, 0.3) is 0 Å². The fourth-order valence-electron chi connectivity index (χ4n) is 1.27. The summed E-state index contributed by atoms with van der Waals surface area (Å²) < 4.78 is 4.00. The number of rotatable bonds is 8. The first kappa shape index (κ1) is 34.8. The number of hydrogen-bond acceptors (Lipinski definition) is 2. The van der Waals surface area contributed by atoms with Crippen molar-refractivity contribution in [2.24, 2.45) is 0 Å². The average Bonchev–Trinajstić information content (AvgIpc) is 2.58. The summed E-state index contributed by atoms with van der Waals surface area (Å²) >= 11 is 0. The molecular weight excluding hydrogens is 527 g/mol. The van der Waals surface area contributed by atoms with Crippen molar-refractivity contribution in [3.8, 4) is 0 Å². The molecule has 0 N–H and O–H groups in total. The molecule has 0 spiro atoms. The van der Waals surface area contributed by atoms with Crippen molar-refractivity contribution in [2.45, 2.75) is 0 Å². The molecule has 176 valence electrons. The van der Waals surface area contributed by atoms with Gasteiger partial charge in [-0.15, -0.1) is 0 Å². The number of hydrogen-bond donors (Lipinski definition) is 0. The first-order chi connectivity index (χ1) is 14.3. The molecule has 0 heterocycles. The first-order valence-corrected chi connectivity index (χ1v) is 25.3. The summed E-state index contributed by atoms with van der Waals surface area (Å²) in [5.74, 6) is 0. The van der Waals surface area contributed by atoms with E-state index in [0.29, 0.717) is 0 Å². The third kappa shape index (κ3) is 58.6. The Bertz CT molecular complexity index is 603. The van der Waals surface area contributed by atoms with Crippen LogP contribution in [0.5, 0.6) is 0 Å². The van der Waals surface area contributed by atoms with Crippen LogP contribution in [0.3, 0.4) is 0 Å². The van der Waals surface area contributed by atoms with Crippen molar-refractivity contribution in [1.29, 1.82) is 0 Å². The molecule has 0 fully saturated rings. The van der Waals surface area contributed by atoms with Gasteiger partial charge in [-0.25, -0.2) is 9.15 Å². The van der Waals surface area contributed by atoms with Crippen molar-refractivity contribution < 1.29 is 20.0 Å². The summed E-state index contributed by atoms with van der Waals surface area (Å²) in [6, 6.07) is 0. The number of nitrogens with zero attached hydrogens (tertiary/aromatic N) is 4. The third-order valence-electron chi connectivity index (χ3n) is 2.43. The summed E-state index contributed by atoms with van der Waals surface area (Å²) in [6.45, 7) is 0. The molecule has 0 amide bonds. The van der Waals surface area contributed by atoms with E-state index in [1.54, 1.807) is 0 Å². The zero-order valence-electron chi connectivity index (χ0n) is 20.1. The second-order valence-electron chi connectivity index (χ2n) is 6.98. The van der Waals surface area contributed by atoms with Gasteiger partial charge < -0.3 is 9.80 Å². The zero-order chi connectivity index (χ0) is 24.7. The van der Waals surface area contributed by atoms with Gasteiger partial charge in [0.1, 0.15) is 28.2 Å². The second kappa shape index (κ2) is 23.8. The molecule has 0 aliphatic heterocycles. The molecule has 9 heteroatoms. The fourth-order valence-corrected chi connectivity index (χ4v) is 1.27. The number of allylic oxidation sites excluding steroid dienone is 10. The minimum atomic E-state index is -3.36. The Labute approximate surface area is 209 Å². The SMILES string of the molecule is CN(C)C=CC=CC=CC=[N+](C)C.CN(C)C=CC=CC=CC=[N+](C)C.[Cl][Zn-2]([Cl])([Cl])[Cl]. The van der Waals surface area contributed by atoms with E-state index < -0.39 is 10.8 Å². The molecule has 0 bridgehead atoms. The van der Waals surface area contributed by atoms with Gasteiger partial charge in [-0.05, 0) is 24.6 Å². The van der Waals surface area contributed by atoms with Gasteiger partial charge in [0.05, 0.1) is 0 Å². The topological polar surface area (TPSA) is 12.5 Å². The van der Waals surface area contributed by atoms with E-state index in [9.17, 15) is 0 Å². The molecule has 0 atom stereocenters. The van der Waals surface area contributed by atoms with E-state index in [1.807, 2.05) is 161 Å². The minimum absolute atomic E-state index is 2.00. The first-order valence-electron chi connectivity index (χ1n) is 9.68. The quantitative estimate of drug-likeness (QED) is 0.160. The van der Waals surface area contributed by atoms with Crippen LogP contribution in [0, 0.1) is 0 Å². The van der Waals surface area contributed by atoms with Crippen molar-refractivity contribution >= 4 is 51.2 Å². The van der Waals surface area contributed by atoms with Crippen LogP contribution >= 0.6 is 38.8 Å². The summed E-state index contributed by atoms with van der Waals surface area (Å²) in [7, 11) is 32.8. The van der Waals surface area contributed by atoms with Gasteiger partial charge in [-0.3, -0.25) is 0 Å². The molecule has 0 aromatic heterocycles. The molecule has 31 heavy (non-hydrogen) atoms. The second-order valence-corrected chi connectivity index (χ2v) is 34.7. The van der Waals surface area contributed by atoms with E-state index in [2.05, 4.69) is 0 Å². The van der Waals surface area contributed by atoms with Crippen LogP contribution in [0.4, 0.5) is 0 Å². The number of halogens is 4. The molecule has 0 aromatic rings. The van der Waals surface area contributed by atoms with Crippen molar-refractivity contribution in [2.75, 3.05) is 56.4 Å². The van der Waals surface area contributed by atoms with Gasteiger partial charge in [-0.2, -0.15) is 0 Å². The standard InChI is InChI=1S/2C11H19N2.4ClH.Zn/c2*1-12(2)10-8-6-5-7-9-11-13(3)4;;;;;/h2*5-11H,1-4H3;4*1H;/q2*+1;;;;;+2/p-4. The Morgan fingerprint density at radius 2 is 0.710 bits per heavy atom. The normalized spacial score (nSPS) is 11.7. The van der Waals surface area contributed by atoms with E-state index in [4.69, 9.17) is 38.8 Å². The molecule has 4 nitrogen and oxygen atoms in total. The average molecular weight is 566 g/mol. The van der Waals surface area contributed by atoms with Crippen molar-refractivity contribution in [3.05, 3.63) is 73.2 Å². The van der Waals surface area contributed by atoms with Crippen LogP contribution in [-0.2, 0) is 10.8 Å². The monoisotopic (exact) mass is 562 g/mol. The van der Waals surface area contributed by atoms with Gasteiger partial charge in [0.2, 0.25) is 0 Å². The van der Waals surface area contributed by atoms with Crippen LogP contribution in [0.2, 0.25) is 0 Å². The van der Waals surface area contributed by atoms with E-state index in [-0.39, 0.29) is 0 Å². The summed E-state index contributed by atoms with van der Waals surface area (Å²) in [5.41, 5.74) is 0. The molecule has 0 aliphatic carbocycles. The Morgan fingerprint density at radius 3 is 0.935 bits per heavy atom. The van der Waals surface area contributed by atoms with E-state index in [1.165, 1.54) is 0 Å². The van der Waals surface area contributed by atoms with Crippen LogP contribution in [0.25, 0.3) is 0 Å². The summed E-state index contributed by atoms with van der Waals surface area (Å²) in [4.78, 5) is 4.00. The third-order valence-corrected chi connectivity index (χ3v) is 2.43. The Kier molecular flexibility index (Phi) is 26.7. The molecule has 0 aromatic carbocycles. The van der Waals surface area contributed by atoms with Gasteiger partial charge >= 0.3 is 49.6 Å². The molecule has 0 rings (SSSR count). The molecule has 0 unspecified atom stereocenters. The fraction of sp³-hybridized carbons (Fsp3) is 0.364. The Morgan fingerprint density at radius 1 is 0.484 bits per heavy atom. The van der Waals surface area contributed by atoms with Crippen LogP contribution < -0.4 is 0 Å². The zero-order valence-corrected chi connectivity index (χ0v) is 26.1. The van der Waals surface area contributed by atoms with Crippen LogP contribution in [-0.4, -0.2) is 87.8 Å². The summed E-state index contributed by atoms with van der Waals surface area (Å²) in [6.07, 6.45) is 28.0. The predicted molar refractivity (Wildman–Crippen MR) is 142 cm³/mol. The Hall–Kier alpha value is -0.837. The van der Waals surface area contributed by atoms with Crippen LogP contribution in [0.1, 0.15) is 0 Å². The predicted octanol–water partition coefficient (Wildman–Crippen LogP) is 5.79. The maximum atomic E-state index is 5.05. The van der Waals surface area contributed by atoms with Crippen molar-refractivity contribution in [3.63, 3.8) is 0 Å². The molecule has 0 saturated carbocycles. The van der Waals surface area contributed by atoms with Crippen molar-refractivity contribution in [1.82, 2.24) is 9.80 Å². The molecule has 0 radical (unpaired) electrons. The van der Waals surface area contributed by atoms with Gasteiger partial charge in [-0.1, -0.05) is 36.5 Å². The maximum absolute atomic E-state index is 5.05.